The minimum Gasteiger partial charge on any atom is -0.507 e. The number of aliphatic hydroxyl groups is 1. The number of Topliss-reactive ketones (excluding diaryl/α,β-unsaturated/α-hetero) is 1. The zero-order valence-corrected chi connectivity index (χ0v) is 23.6. The van der Waals surface area contributed by atoms with Gasteiger partial charge < -0.3 is 29.0 Å². The maximum Gasteiger partial charge on any atom is 0.295 e. The zero-order valence-electron chi connectivity index (χ0n) is 23.6. The van der Waals surface area contributed by atoms with Gasteiger partial charge in [-0.15, -0.1) is 0 Å². The van der Waals surface area contributed by atoms with Crippen molar-refractivity contribution in [2.75, 3.05) is 26.4 Å². The molecule has 0 saturated carbocycles. The van der Waals surface area contributed by atoms with Crippen LogP contribution in [0.2, 0.25) is 0 Å². The van der Waals surface area contributed by atoms with Crippen LogP contribution in [0.25, 0.3) is 5.76 Å². The molecule has 5 rings (SSSR count). The van der Waals surface area contributed by atoms with Crippen LogP contribution in [0.3, 0.4) is 0 Å². The summed E-state index contributed by atoms with van der Waals surface area (Å²) in [6.07, 6.45) is 0.889. The maximum absolute atomic E-state index is 13.6. The summed E-state index contributed by atoms with van der Waals surface area (Å²) in [7, 11) is 0. The first kappa shape index (κ1) is 28.1. The van der Waals surface area contributed by atoms with E-state index in [4.69, 9.17) is 18.9 Å². The van der Waals surface area contributed by atoms with Crippen LogP contribution in [-0.4, -0.2) is 48.1 Å². The summed E-state index contributed by atoms with van der Waals surface area (Å²) in [6.45, 7) is 8.09. The van der Waals surface area contributed by atoms with Crippen LogP contribution >= 0.6 is 0 Å². The zero-order chi connectivity index (χ0) is 28.9. The lowest BCUT2D eigenvalue weighted by Gasteiger charge is -2.26. The smallest absolute Gasteiger partial charge is 0.295 e. The summed E-state index contributed by atoms with van der Waals surface area (Å²) in [5.74, 6) is 0.891. The second-order valence-electron chi connectivity index (χ2n) is 10.4. The van der Waals surface area contributed by atoms with E-state index in [1.807, 2.05) is 43.3 Å². The number of benzene rings is 3. The summed E-state index contributed by atoms with van der Waals surface area (Å²) in [6, 6.07) is 19.0. The number of likely N-dealkylation sites (tertiary alicyclic amines) is 1. The van der Waals surface area contributed by atoms with E-state index in [0.29, 0.717) is 66.5 Å². The van der Waals surface area contributed by atoms with E-state index in [2.05, 4.69) is 13.8 Å². The molecule has 1 N–H and O–H groups in total. The maximum atomic E-state index is 13.6. The Morgan fingerprint density at radius 3 is 2.44 bits per heavy atom. The van der Waals surface area contributed by atoms with Gasteiger partial charge in [0, 0.05) is 12.1 Å². The van der Waals surface area contributed by atoms with E-state index in [0.717, 1.165) is 12.0 Å². The third kappa shape index (κ3) is 6.01. The number of amides is 1. The van der Waals surface area contributed by atoms with Crippen LogP contribution in [0, 0.1) is 5.92 Å². The predicted octanol–water partition coefficient (Wildman–Crippen LogP) is 5.90. The highest BCUT2D eigenvalue weighted by atomic mass is 16.6. The first-order valence-electron chi connectivity index (χ1n) is 14.0. The standard InChI is InChI=1S/C33H35NO7/c1-4-38-27-18-23(10-12-25(27)39-15-14-21(2)3)30-29(31(35)24-11-13-26-28(19-24)41-17-16-40-26)32(36)33(37)34(30)20-22-8-6-5-7-9-22/h5-13,18-19,21,30,35H,4,14-17,20H2,1-3H3/b31-29+. The number of hydrogen-bond acceptors (Lipinski definition) is 7. The second kappa shape index (κ2) is 12.4. The Kier molecular flexibility index (Phi) is 8.47. The Hall–Kier alpha value is -4.46. The third-order valence-electron chi connectivity index (χ3n) is 7.09. The molecular weight excluding hydrogens is 522 g/mol. The summed E-state index contributed by atoms with van der Waals surface area (Å²) >= 11 is 0. The summed E-state index contributed by atoms with van der Waals surface area (Å²) in [5, 5.41) is 11.5. The van der Waals surface area contributed by atoms with Crippen LogP contribution in [0.4, 0.5) is 0 Å². The van der Waals surface area contributed by atoms with Crippen molar-refractivity contribution in [1.29, 1.82) is 0 Å². The Morgan fingerprint density at radius 1 is 0.951 bits per heavy atom. The molecule has 0 bridgehead atoms. The lowest BCUT2D eigenvalue weighted by molar-refractivity contribution is -0.140. The molecule has 214 valence electrons. The number of nitrogens with zero attached hydrogens (tertiary/aromatic N) is 1. The molecule has 3 aromatic rings. The van der Waals surface area contributed by atoms with Crippen LogP contribution < -0.4 is 18.9 Å². The average molecular weight is 558 g/mol. The highest BCUT2D eigenvalue weighted by molar-refractivity contribution is 6.46. The number of rotatable bonds is 10. The Morgan fingerprint density at radius 2 is 1.71 bits per heavy atom. The normalized spacial score (nSPS) is 17.7. The molecule has 2 heterocycles. The van der Waals surface area contributed by atoms with Crippen molar-refractivity contribution in [3.8, 4) is 23.0 Å². The van der Waals surface area contributed by atoms with Crippen molar-refractivity contribution in [1.82, 2.24) is 4.90 Å². The van der Waals surface area contributed by atoms with Crippen molar-refractivity contribution in [2.24, 2.45) is 5.92 Å². The molecule has 2 aliphatic rings. The molecule has 8 nitrogen and oxygen atoms in total. The lowest BCUT2D eigenvalue weighted by atomic mass is 9.94. The monoisotopic (exact) mass is 557 g/mol. The van der Waals surface area contributed by atoms with Crippen molar-refractivity contribution >= 4 is 17.4 Å². The molecule has 0 aliphatic carbocycles. The summed E-state index contributed by atoms with van der Waals surface area (Å²) in [5.41, 5.74) is 1.84. The molecule has 1 unspecified atom stereocenters. The molecule has 1 atom stereocenters. The highest BCUT2D eigenvalue weighted by Crippen LogP contribution is 2.43. The Balaban J connectivity index is 1.60. The van der Waals surface area contributed by atoms with E-state index in [9.17, 15) is 14.7 Å². The first-order chi connectivity index (χ1) is 19.9. The van der Waals surface area contributed by atoms with Crippen molar-refractivity contribution in [3.63, 3.8) is 0 Å². The second-order valence-corrected chi connectivity index (χ2v) is 10.4. The van der Waals surface area contributed by atoms with Gasteiger partial charge in [-0.2, -0.15) is 0 Å². The molecule has 3 aromatic carbocycles. The fraction of sp³-hybridized carbons (Fsp3) is 0.333. The van der Waals surface area contributed by atoms with Crippen LogP contribution in [0.15, 0.2) is 72.3 Å². The molecule has 1 amide bonds. The predicted molar refractivity (Wildman–Crippen MR) is 154 cm³/mol. The summed E-state index contributed by atoms with van der Waals surface area (Å²) < 4.78 is 23.2. The van der Waals surface area contributed by atoms with Gasteiger partial charge in [0.05, 0.1) is 24.8 Å². The molecule has 0 spiro atoms. The molecule has 0 radical (unpaired) electrons. The van der Waals surface area contributed by atoms with E-state index >= 15 is 0 Å². The van der Waals surface area contributed by atoms with E-state index in [-0.39, 0.29) is 17.9 Å². The SMILES string of the molecule is CCOc1cc(C2/C(=C(\O)c3ccc4c(c3)OCCO4)C(=O)C(=O)N2Cc2ccccc2)ccc1OCCC(C)C. The van der Waals surface area contributed by atoms with Crippen LogP contribution in [0.1, 0.15) is 49.9 Å². The van der Waals surface area contributed by atoms with E-state index in [1.165, 1.54) is 4.90 Å². The van der Waals surface area contributed by atoms with Crippen molar-refractivity contribution in [2.45, 2.75) is 39.8 Å². The van der Waals surface area contributed by atoms with Gasteiger partial charge in [-0.3, -0.25) is 9.59 Å². The van der Waals surface area contributed by atoms with Gasteiger partial charge in [-0.25, -0.2) is 0 Å². The van der Waals surface area contributed by atoms with Crippen molar-refractivity contribution in [3.05, 3.63) is 89.0 Å². The highest BCUT2D eigenvalue weighted by Gasteiger charge is 2.46. The number of hydrogen-bond donors (Lipinski definition) is 1. The fourth-order valence-electron chi connectivity index (χ4n) is 5.00. The van der Waals surface area contributed by atoms with E-state index in [1.54, 1.807) is 30.3 Å². The van der Waals surface area contributed by atoms with Crippen molar-refractivity contribution < 1.29 is 33.6 Å². The number of carbonyl (C=O) groups is 2. The molecule has 2 aliphatic heterocycles. The van der Waals surface area contributed by atoms with Gasteiger partial charge >= 0.3 is 0 Å². The minimum absolute atomic E-state index is 0.00136. The molecular formula is C33H35NO7. The summed E-state index contributed by atoms with van der Waals surface area (Å²) in [4.78, 5) is 28.5. The van der Waals surface area contributed by atoms with Gasteiger partial charge in [0.2, 0.25) is 0 Å². The fourth-order valence-corrected chi connectivity index (χ4v) is 5.00. The number of fused-ring (bicyclic) bond motifs is 1. The number of aliphatic hydroxyl groups excluding tert-OH is 1. The van der Waals surface area contributed by atoms with E-state index < -0.39 is 17.7 Å². The van der Waals surface area contributed by atoms with Gasteiger partial charge in [-0.1, -0.05) is 50.2 Å². The topological polar surface area (TPSA) is 94.5 Å². The quantitative estimate of drug-likeness (QED) is 0.188. The molecule has 0 aromatic heterocycles. The molecule has 1 fully saturated rings. The van der Waals surface area contributed by atoms with Gasteiger partial charge in [0.15, 0.2) is 23.0 Å². The van der Waals surface area contributed by atoms with Gasteiger partial charge in [-0.05, 0) is 60.7 Å². The third-order valence-corrected chi connectivity index (χ3v) is 7.09. The minimum atomic E-state index is -0.854. The molecule has 8 heteroatoms. The van der Waals surface area contributed by atoms with Crippen LogP contribution in [0.5, 0.6) is 23.0 Å². The Bertz CT molecular complexity index is 1450. The van der Waals surface area contributed by atoms with Gasteiger partial charge in [0.25, 0.3) is 11.7 Å². The number of ketones is 1. The number of carbonyl (C=O) groups excluding carboxylic acids is 2. The lowest BCUT2D eigenvalue weighted by Crippen LogP contribution is -2.29. The van der Waals surface area contributed by atoms with Gasteiger partial charge in [0.1, 0.15) is 19.0 Å². The Labute approximate surface area is 240 Å². The average Bonchev–Trinajstić information content (AvgIpc) is 3.22. The molecule has 1 saturated heterocycles. The molecule has 41 heavy (non-hydrogen) atoms. The largest absolute Gasteiger partial charge is 0.507 e. The first-order valence-corrected chi connectivity index (χ1v) is 14.0. The van der Waals surface area contributed by atoms with Crippen LogP contribution in [-0.2, 0) is 16.1 Å². The number of ether oxygens (including phenoxy) is 4.